The van der Waals surface area contributed by atoms with Gasteiger partial charge in [0.15, 0.2) is 5.16 Å². The monoisotopic (exact) mass is 481 g/mol. The average molecular weight is 482 g/mol. The normalized spacial score (nSPS) is 16.1. The second-order valence-corrected chi connectivity index (χ2v) is 10.4. The van der Waals surface area contributed by atoms with Crippen LogP contribution in [0.15, 0.2) is 47.0 Å². The van der Waals surface area contributed by atoms with Crippen LogP contribution >= 0.6 is 23.1 Å². The Hall–Kier alpha value is -2.65. The number of hydrogen-bond donors (Lipinski definition) is 0. The van der Waals surface area contributed by atoms with Gasteiger partial charge in [-0.3, -0.25) is 14.2 Å². The number of piperazine rings is 1. The number of aryl methyl sites for hydroxylation is 2. The molecule has 0 spiro atoms. The van der Waals surface area contributed by atoms with E-state index in [9.17, 15) is 9.59 Å². The summed E-state index contributed by atoms with van der Waals surface area (Å²) in [5.74, 6) is 1.29. The van der Waals surface area contributed by atoms with Crippen LogP contribution in [0.3, 0.4) is 0 Å². The van der Waals surface area contributed by atoms with Crippen molar-refractivity contribution in [2.75, 3.05) is 36.8 Å². The lowest BCUT2D eigenvalue weighted by Crippen LogP contribution is -2.49. The Balaban J connectivity index is 1.30. The van der Waals surface area contributed by atoms with E-state index < -0.39 is 0 Å². The molecule has 3 aromatic rings. The van der Waals surface area contributed by atoms with Crippen molar-refractivity contribution in [3.8, 4) is 0 Å². The summed E-state index contributed by atoms with van der Waals surface area (Å²) in [6.07, 6.45) is 7.79. The van der Waals surface area contributed by atoms with Crippen LogP contribution in [0.1, 0.15) is 23.3 Å². The van der Waals surface area contributed by atoms with E-state index >= 15 is 0 Å². The molecule has 0 unspecified atom stereocenters. The summed E-state index contributed by atoms with van der Waals surface area (Å²) >= 11 is 3.00. The second-order valence-electron chi connectivity index (χ2n) is 8.33. The maximum atomic E-state index is 13.4. The van der Waals surface area contributed by atoms with Gasteiger partial charge < -0.3 is 9.80 Å². The number of fused-ring (bicyclic) bond motifs is 3. The zero-order chi connectivity index (χ0) is 22.8. The smallest absolute Gasteiger partial charge is 0.263 e. The zero-order valence-electron chi connectivity index (χ0n) is 18.5. The number of carbonyl (C=O) groups excluding carboxylic acids is 1. The van der Waals surface area contributed by atoms with Gasteiger partial charge in [0.25, 0.3) is 5.56 Å². The summed E-state index contributed by atoms with van der Waals surface area (Å²) in [7, 11) is 0. The van der Waals surface area contributed by atoms with E-state index in [-0.39, 0.29) is 17.2 Å². The SMILES string of the molecule is C=CCn1c(SCC(=O)N2CCN(c3ccccn3)CC2)nc2sc3c(c2c1=O)CCCC3. The number of pyridine rings is 1. The van der Waals surface area contributed by atoms with Crippen molar-refractivity contribution in [2.45, 2.75) is 37.4 Å². The summed E-state index contributed by atoms with van der Waals surface area (Å²) in [6.45, 7) is 7.07. The average Bonchev–Trinajstić information content (AvgIpc) is 3.24. The highest BCUT2D eigenvalue weighted by molar-refractivity contribution is 7.99. The quantitative estimate of drug-likeness (QED) is 0.305. The van der Waals surface area contributed by atoms with Crippen LogP contribution in [0.2, 0.25) is 0 Å². The lowest BCUT2D eigenvalue weighted by molar-refractivity contribution is -0.128. The van der Waals surface area contributed by atoms with Gasteiger partial charge in [-0.05, 0) is 43.4 Å². The fraction of sp³-hybridized carbons (Fsp3) is 0.417. The molecule has 3 aromatic heterocycles. The van der Waals surface area contributed by atoms with Crippen molar-refractivity contribution in [3.63, 3.8) is 0 Å². The number of amides is 1. The van der Waals surface area contributed by atoms with Crippen LogP contribution in [0.5, 0.6) is 0 Å². The molecule has 0 N–H and O–H groups in total. The minimum absolute atomic E-state index is 0.00164. The number of anilines is 1. The number of carbonyl (C=O) groups is 1. The van der Waals surface area contributed by atoms with E-state index in [1.807, 2.05) is 23.1 Å². The van der Waals surface area contributed by atoms with E-state index in [1.54, 1.807) is 28.2 Å². The molecule has 1 saturated heterocycles. The number of nitrogens with zero attached hydrogens (tertiary/aromatic N) is 5. The maximum absolute atomic E-state index is 13.4. The molecule has 1 aliphatic heterocycles. The van der Waals surface area contributed by atoms with Crippen molar-refractivity contribution in [2.24, 2.45) is 0 Å². The van der Waals surface area contributed by atoms with Gasteiger partial charge in [-0.15, -0.1) is 17.9 Å². The third kappa shape index (κ3) is 4.44. The van der Waals surface area contributed by atoms with Gasteiger partial charge in [0.1, 0.15) is 10.6 Å². The molecule has 172 valence electrons. The van der Waals surface area contributed by atoms with E-state index in [0.717, 1.165) is 48.4 Å². The summed E-state index contributed by atoms with van der Waals surface area (Å²) in [5, 5.41) is 1.38. The first-order valence-corrected chi connectivity index (χ1v) is 13.2. The first-order chi connectivity index (χ1) is 16.2. The highest BCUT2D eigenvalue weighted by atomic mass is 32.2. The summed E-state index contributed by atoms with van der Waals surface area (Å²) < 4.78 is 1.67. The molecule has 1 aliphatic carbocycles. The summed E-state index contributed by atoms with van der Waals surface area (Å²) in [5.41, 5.74) is 1.19. The predicted octanol–water partition coefficient (Wildman–Crippen LogP) is 3.36. The van der Waals surface area contributed by atoms with E-state index in [2.05, 4.69) is 16.5 Å². The molecule has 33 heavy (non-hydrogen) atoms. The summed E-state index contributed by atoms with van der Waals surface area (Å²) in [6, 6.07) is 5.88. The van der Waals surface area contributed by atoms with Crippen molar-refractivity contribution >= 4 is 45.0 Å². The van der Waals surface area contributed by atoms with Crippen LogP contribution in [-0.4, -0.2) is 57.3 Å². The minimum atomic E-state index is -0.00164. The van der Waals surface area contributed by atoms with E-state index in [0.29, 0.717) is 24.8 Å². The molecule has 2 aliphatic rings. The van der Waals surface area contributed by atoms with Gasteiger partial charge in [0.2, 0.25) is 5.91 Å². The fourth-order valence-electron chi connectivity index (χ4n) is 4.56. The molecule has 0 saturated carbocycles. The second kappa shape index (κ2) is 9.69. The zero-order valence-corrected chi connectivity index (χ0v) is 20.2. The molecule has 0 bridgehead atoms. The van der Waals surface area contributed by atoms with Crippen molar-refractivity contribution < 1.29 is 4.79 Å². The topological polar surface area (TPSA) is 71.3 Å². The Bertz CT molecular complexity index is 1230. The standard InChI is InChI=1S/C24H27N5O2S2/c1-2-11-29-23(31)21-17-7-3-4-8-18(17)33-22(21)26-24(29)32-16-20(30)28-14-12-27(13-15-28)19-9-5-6-10-25-19/h2,5-6,9-10H,1,3-4,7-8,11-16H2. The Morgan fingerprint density at radius 2 is 2.00 bits per heavy atom. The van der Waals surface area contributed by atoms with Crippen LogP contribution < -0.4 is 10.5 Å². The van der Waals surface area contributed by atoms with Crippen LogP contribution in [0.25, 0.3) is 10.2 Å². The Kier molecular flexibility index (Phi) is 6.50. The maximum Gasteiger partial charge on any atom is 0.263 e. The van der Waals surface area contributed by atoms with Crippen molar-refractivity contribution in [1.82, 2.24) is 19.4 Å². The van der Waals surface area contributed by atoms with Gasteiger partial charge in [0, 0.05) is 43.8 Å². The van der Waals surface area contributed by atoms with Crippen molar-refractivity contribution in [1.29, 1.82) is 0 Å². The Morgan fingerprint density at radius 3 is 2.76 bits per heavy atom. The first-order valence-electron chi connectivity index (χ1n) is 11.4. The number of thiophene rings is 1. The van der Waals surface area contributed by atoms with Crippen LogP contribution in [0, 0.1) is 0 Å². The summed E-state index contributed by atoms with van der Waals surface area (Å²) in [4.78, 5) is 41.7. The lowest BCUT2D eigenvalue weighted by Gasteiger charge is -2.35. The van der Waals surface area contributed by atoms with Gasteiger partial charge >= 0.3 is 0 Å². The molecular formula is C24H27N5O2S2. The van der Waals surface area contributed by atoms with E-state index in [4.69, 9.17) is 4.98 Å². The third-order valence-electron chi connectivity index (χ3n) is 6.28. The third-order valence-corrected chi connectivity index (χ3v) is 8.43. The molecule has 1 fully saturated rings. The predicted molar refractivity (Wildman–Crippen MR) is 134 cm³/mol. The fourth-order valence-corrected chi connectivity index (χ4v) is 6.78. The number of hydrogen-bond acceptors (Lipinski definition) is 7. The Labute approximate surface area is 201 Å². The highest BCUT2D eigenvalue weighted by Gasteiger charge is 2.24. The molecule has 7 nitrogen and oxygen atoms in total. The van der Waals surface area contributed by atoms with Gasteiger partial charge in [0.05, 0.1) is 11.1 Å². The Morgan fingerprint density at radius 1 is 1.18 bits per heavy atom. The van der Waals surface area contributed by atoms with Crippen LogP contribution in [-0.2, 0) is 24.2 Å². The molecule has 0 aromatic carbocycles. The largest absolute Gasteiger partial charge is 0.353 e. The van der Waals surface area contributed by atoms with Gasteiger partial charge in [-0.25, -0.2) is 9.97 Å². The van der Waals surface area contributed by atoms with E-state index in [1.165, 1.54) is 28.6 Å². The van der Waals surface area contributed by atoms with Crippen LogP contribution in [0.4, 0.5) is 5.82 Å². The molecule has 9 heteroatoms. The van der Waals surface area contributed by atoms with Gasteiger partial charge in [-0.1, -0.05) is 23.9 Å². The molecule has 1 amide bonds. The molecule has 0 radical (unpaired) electrons. The molecule has 0 atom stereocenters. The van der Waals surface area contributed by atoms with Gasteiger partial charge in [-0.2, -0.15) is 0 Å². The molecule has 4 heterocycles. The van der Waals surface area contributed by atoms with Crippen molar-refractivity contribution in [3.05, 3.63) is 57.8 Å². The number of aromatic nitrogens is 3. The molecular weight excluding hydrogens is 454 g/mol. The number of rotatable bonds is 6. The first kappa shape index (κ1) is 22.2. The number of thioether (sulfide) groups is 1. The number of allylic oxidation sites excluding steroid dienone is 1. The highest BCUT2D eigenvalue weighted by Crippen LogP contribution is 2.34. The lowest BCUT2D eigenvalue weighted by atomic mass is 9.97. The minimum Gasteiger partial charge on any atom is -0.353 e. The molecule has 5 rings (SSSR count).